The number of carboxylic acid groups (broad SMARTS) is 1. The van der Waals surface area contributed by atoms with Crippen molar-refractivity contribution in [2.75, 3.05) is 5.32 Å². The third-order valence-electron chi connectivity index (χ3n) is 2.72. The summed E-state index contributed by atoms with van der Waals surface area (Å²) in [6.07, 6.45) is 0. The number of aryl methyl sites for hydroxylation is 1. The van der Waals surface area contributed by atoms with Crippen LogP contribution in [-0.4, -0.2) is 16.1 Å². The van der Waals surface area contributed by atoms with Crippen molar-refractivity contribution in [2.45, 2.75) is 13.5 Å². The number of nitrogens with one attached hydrogen (secondary N) is 1. The summed E-state index contributed by atoms with van der Waals surface area (Å²) in [6, 6.07) is 10.7. The maximum Gasteiger partial charge on any atom is 0.335 e. The molecule has 0 atom stereocenters. The number of pyridine rings is 1. The second-order valence-electron chi connectivity index (χ2n) is 4.14. The fourth-order valence-electron chi connectivity index (χ4n) is 1.68. The van der Waals surface area contributed by atoms with E-state index in [4.69, 9.17) is 5.11 Å². The number of carboxylic acids is 1. The molecule has 0 spiro atoms. The molecule has 0 amide bonds. The molecule has 98 valence electrons. The largest absolute Gasteiger partial charge is 0.478 e. The van der Waals surface area contributed by atoms with Crippen LogP contribution < -0.4 is 5.32 Å². The van der Waals surface area contributed by atoms with Gasteiger partial charge in [0.15, 0.2) is 0 Å². The van der Waals surface area contributed by atoms with E-state index in [1.54, 1.807) is 18.2 Å². The number of nitrogens with zero attached hydrogens (tertiary/aromatic N) is 1. The molecule has 19 heavy (non-hydrogen) atoms. The second kappa shape index (κ2) is 5.84. The van der Waals surface area contributed by atoms with Crippen molar-refractivity contribution in [2.24, 2.45) is 0 Å². The Morgan fingerprint density at radius 2 is 2.16 bits per heavy atom. The van der Waals surface area contributed by atoms with Crippen LogP contribution in [0, 0.1) is 6.92 Å². The van der Waals surface area contributed by atoms with Gasteiger partial charge in [-0.05, 0) is 52.7 Å². The van der Waals surface area contributed by atoms with Crippen LogP contribution >= 0.6 is 15.9 Å². The summed E-state index contributed by atoms with van der Waals surface area (Å²) in [4.78, 5) is 15.3. The van der Waals surface area contributed by atoms with E-state index in [2.05, 4.69) is 26.2 Å². The van der Waals surface area contributed by atoms with Gasteiger partial charge in [-0.1, -0.05) is 12.1 Å². The summed E-state index contributed by atoms with van der Waals surface area (Å²) >= 11 is 3.32. The van der Waals surface area contributed by atoms with E-state index in [-0.39, 0.29) is 5.56 Å². The van der Waals surface area contributed by atoms with Gasteiger partial charge in [0.1, 0.15) is 4.60 Å². The van der Waals surface area contributed by atoms with E-state index in [9.17, 15) is 4.79 Å². The number of hydrogen-bond acceptors (Lipinski definition) is 3. The van der Waals surface area contributed by atoms with Crippen LogP contribution in [0.25, 0.3) is 0 Å². The zero-order chi connectivity index (χ0) is 13.8. The lowest BCUT2D eigenvalue weighted by Gasteiger charge is -2.10. The molecule has 0 unspecified atom stereocenters. The van der Waals surface area contributed by atoms with Gasteiger partial charge in [0.2, 0.25) is 0 Å². The molecular formula is C14H13BrN2O2. The Labute approximate surface area is 119 Å². The van der Waals surface area contributed by atoms with Crippen molar-refractivity contribution in [1.29, 1.82) is 0 Å². The topological polar surface area (TPSA) is 62.2 Å². The molecule has 2 aromatic rings. The molecule has 0 bridgehead atoms. The monoisotopic (exact) mass is 320 g/mol. The summed E-state index contributed by atoms with van der Waals surface area (Å²) < 4.78 is 0.780. The van der Waals surface area contributed by atoms with Gasteiger partial charge in [0.25, 0.3) is 0 Å². The molecular weight excluding hydrogens is 308 g/mol. The Hall–Kier alpha value is -1.88. The molecule has 0 saturated carbocycles. The highest BCUT2D eigenvalue weighted by Gasteiger charge is 2.06. The maximum atomic E-state index is 10.9. The average Bonchev–Trinajstić information content (AvgIpc) is 2.37. The number of anilines is 1. The van der Waals surface area contributed by atoms with Crippen molar-refractivity contribution in [1.82, 2.24) is 4.98 Å². The minimum atomic E-state index is -0.927. The van der Waals surface area contributed by atoms with Gasteiger partial charge >= 0.3 is 5.97 Å². The van der Waals surface area contributed by atoms with E-state index in [0.717, 1.165) is 21.5 Å². The molecule has 5 heteroatoms. The first-order valence-electron chi connectivity index (χ1n) is 5.75. The molecule has 0 radical (unpaired) electrons. The Morgan fingerprint density at radius 3 is 2.84 bits per heavy atom. The number of aromatic nitrogens is 1. The predicted octanol–water partition coefficient (Wildman–Crippen LogP) is 3.46. The Kier molecular flexibility index (Phi) is 4.16. The van der Waals surface area contributed by atoms with Crippen molar-refractivity contribution in [3.8, 4) is 0 Å². The lowest BCUT2D eigenvalue weighted by Crippen LogP contribution is -2.05. The quantitative estimate of drug-likeness (QED) is 0.847. The molecule has 1 aromatic carbocycles. The third-order valence-corrected chi connectivity index (χ3v) is 3.16. The highest BCUT2D eigenvalue weighted by molar-refractivity contribution is 9.10. The summed E-state index contributed by atoms with van der Waals surface area (Å²) in [6.45, 7) is 2.48. The molecule has 4 nitrogen and oxygen atoms in total. The van der Waals surface area contributed by atoms with Gasteiger partial charge in [0.05, 0.1) is 17.8 Å². The molecule has 0 aliphatic carbocycles. The van der Waals surface area contributed by atoms with Crippen LogP contribution in [0.1, 0.15) is 21.6 Å². The Morgan fingerprint density at radius 1 is 1.37 bits per heavy atom. The number of carbonyl (C=O) groups is 1. The van der Waals surface area contributed by atoms with E-state index in [0.29, 0.717) is 6.54 Å². The first kappa shape index (κ1) is 13.5. The van der Waals surface area contributed by atoms with Gasteiger partial charge in [0, 0.05) is 5.69 Å². The number of rotatable bonds is 4. The second-order valence-corrected chi connectivity index (χ2v) is 4.95. The minimum Gasteiger partial charge on any atom is -0.478 e. The maximum absolute atomic E-state index is 10.9. The van der Waals surface area contributed by atoms with Crippen molar-refractivity contribution in [3.05, 3.63) is 57.8 Å². The van der Waals surface area contributed by atoms with Crippen LogP contribution in [0.5, 0.6) is 0 Å². The molecule has 0 fully saturated rings. The zero-order valence-corrected chi connectivity index (χ0v) is 11.9. The van der Waals surface area contributed by atoms with Gasteiger partial charge in [-0.3, -0.25) is 0 Å². The summed E-state index contributed by atoms with van der Waals surface area (Å²) in [7, 11) is 0. The summed E-state index contributed by atoms with van der Waals surface area (Å²) in [5.74, 6) is -0.927. The Bertz CT molecular complexity index is 614. The fourth-order valence-corrected chi connectivity index (χ4v) is 2.06. The molecule has 1 heterocycles. The molecule has 0 saturated heterocycles. The fraction of sp³-hybridized carbons (Fsp3) is 0.143. The first-order chi connectivity index (χ1) is 9.06. The van der Waals surface area contributed by atoms with Crippen molar-refractivity contribution >= 4 is 27.6 Å². The SMILES string of the molecule is Cc1ccc(C(=O)O)cc1NCc1cccc(Br)n1. The Balaban J connectivity index is 2.15. The van der Waals surface area contributed by atoms with Gasteiger partial charge in [-0.25, -0.2) is 9.78 Å². The lowest BCUT2D eigenvalue weighted by atomic mass is 10.1. The van der Waals surface area contributed by atoms with Gasteiger partial charge < -0.3 is 10.4 Å². The molecule has 1 aromatic heterocycles. The smallest absolute Gasteiger partial charge is 0.335 e. The molecule has 0 aliphatic rings. The first-order valence-corrected chi connectivity index (χ1v) is 6.55. The van der Waals surface area contributed by atoms with E-state index >= 15 is 0 Å². The van der Waals surface area contributed by atoms with Gasteiger partial charge in [-0.2, -0.15) is 0 Å². The number of halogens is 1. The summed E-state index contributed by atoms with van der Waals surface area (Å²) in [5, 5.41) is 12.2. The van der Waals surface area contributed by atoms with Crippen molar-refractivity contribution < 1.29 is 9.90 Å². The molecule has 2 N–H and O–H groups in total. The normalized spacial score (nSPS) is 10.2. The minimum absolute atomic E-state index is 0.273. The predicted molar refractivity (Wildman–Crippen MR) is 77.4 cm³/mol. The van der Waals surface area contributed by atoms with Crippen LogP contribution in [0.2, 0.25) is 0 Å². The standard InChI is InChI=1S/C14H13BrN2O2/c1-9-5-6-10(14(18)19)7-12(9)16-8-11-3-2-4-13(15)17-11/h2-7,16H,8H2,1H3,(H,18,19). The summed E-state index contributed by atoms with van der Waals surface area (Å²) in [5.41, 5.74) is 2.96. The lowest BCUT2D eigenvalue weighted by molar-refractivity contribution is 0.0697. The van der Waals surface area contributed by atoms with Crippen LogP contribution in [0.3, 0.4) is 0 Å². The van der Waals surface area contributed by atoms with E-state index in [1.165, 1.54) is 0 Å². The van der Waals surface area contributed by atoms with Crippen molar-refractivity contribution in [3.63, 3.8) is 0 Å². The zero-order valence-electron chi connectivity index (χ0n) is 10.4. The number of aromatic carboxylic acids is 1. The van der Waals surface area contributed by atoms with E-state index in [1.807, 2.05) is 25.1 Å². The van der Waals surface area contributed by atoms with Crippen LogP contribution in [0.15, 0.2) is 41.0 Å². The molecule has 2 rings (SSSR count). The van der Waals surface area contributed by atoms with Gasteiger partial charge in [-0.15, -0.1) is 0 Å². The number of benzene rings is 1. The van der Waals surface area contributed by atoms with Crippen LogP contribution in [-0.2, 0) is 6.54 Å². The van der Waals surface area contributed by atoms with E-state index < -0.39 is 5.97 Å². The highest BCUT2D eigenvalue weighted by atomic mass is 79.9. The van der Waals surface area contributed by atoms with Crippen LogP contribution in [0.4, 0.5) is 5.69 Å². The average molecular weight is 321 g/mol. The number of hydrogen-bond donors (Lipinski definition) is 2. The molecule has 0 aliphatic heterocycles. The highest BCUT2D eigenvalue weighted by Crippen LogP contribution is 2.18. The third kappa shape index (κ3) is 3.54.